The molecule has 0 amide bonds. The van der Waals surface area contributed by atoms with Gasteiger partial charge in [-0.15, -0.1) is 0 Å². The molecule has 1 aliphatic carbocycles. The minimum absolute atomic E-state index is 0.0807. The molecule has 0 saturated heterocycles. The standard InChI is InChI=1S/C39H30N2/c1-39(2)33-19-9-6-16-29(33)31-18-12-21-35(38(31)39)40-34-20-10-7-15-28(34)26-23-24-37-32(25-26)30-17-8-11-22-36(30)41(37)27-13-4-3-5-14-27/h3-25,40H,1-2H3. The number of benzene rings is 6. The molecule has 196 valence electrons. The summed E-state index contributed by atoms with van der Waals surface area (Å²) in [5.41, 5.74) is 13.6. The second-order valence-electron chi connectivity index (χ2n) is 11.5. The van der Waals surface area contributed by atoms with E-state index in [1.54, 1.807) is 0 Å². The van der Waals surface area contributed by atoms with Crippen LogP contribution in [0.2, 0.25) is 0 Å². The molecule has 2 heteroatoms. The summed E-state index contributed by atoms with van der Waals surface area (Å²) < 4.78 is 2.37. The lowest BCUT2D eigenvalue weighted by molar-refractivity contribution is 0.662. The molecule has 0 unspecified atom stereocenters. The minimum atomic E-state index is -0.0807. The van der Waals surface area contributed by atoms with E-state index in [9.17, 15) is 0 Å². The molecule has 0 bridgehead atoms. The summed E-state index contributed by atoms with van der Waals surface area (Å²) in [7, 11) is 0. The van der Waals surface area contributed by atoms with Crippen molar-refractivity contribution in [2.75, 3.05) is 5.32 Å². The van der Waals surface area contributed by atoms with Crippen molar-refractivity contribution in [3.05, 3.63) is 151 Å². The first-order valence-electron chi connectivity index (χ1n) is 14.3. The number of rotatable bonds is 4. The molecular weight excluding hydrogens is 496 g/mol. The van der Waals surface area contributed by atoms with Crippen molar-refractivity contribution >= 4 is 33.2 Å². The van der Waals surface area contributed by atoms with Crippen LogP contribution in [0.15, 0.2) is 140 Å². The van der Waals surface area contributed by atoms with Gasteiger partial charge in [0.2, 0.25) is 0 Å². The predicted molar refractivity (Wildman–Crippen MR) is 174 cm³/mol. The van der Waals surface area contributed by atoms with Crippen molar-refractivity contribution < 1.29 is 0 Å². The fourth-order valence-electron chi connectivity index (χ4n) is 6.94. The van der Waals surface area contributed by atoms with Gasteiger partial charge in [-0.3, -0.25) is 0 Å². The monoisotopic (exact) mass is 526 g/mol. The van der Waals surface area contributed by atoms with Gasteiger partial charge in [-0.25, -0.2) is 0 Å². The number of aromatic nitrogens is 1. The Morgan fingerprint density at radius 3 is 2.05 bits per heavy atom. The van der Waals surface area contributed by atoms with Gasteiger partial charge in [0.25, 0.3) is 0 Å². The number of anilines is 2. The van der Waals surface area contributed by atoms with Gasteiger partial charge < -0.3 is 9.88 Å². The molecule has 1 aliphatic rings. The Bertz CT molecular complexity index is 2100. The number of hydrogen-bond acceptors (Lipinski definition) is 1. The van der Waals surface area contributed by atoms with Crippen LogP contribution < -0.4 is 5.32 Å². The summed E-state index contributed by atoms with van der Waals surface area (Å²) in [5.74, 6) is 0. The number of para-hydroxylation sites is 3. The Kier molecular flexibility index (Phi) is 5.20. The zero-order valence-electron chi connectivity index (χ0n) is 23.2. The average Bonchev–Trinajstić information content (AvgIpc) is 3.47. The Morgan fingerprint density at radius 1 is 0.512 bits per heavy atom. The molecule has 0 fully saturated rings. The number of nitrogens with one attached hydrogen (secondary N) is 1. The largest absolute Gasteiger partial charge is 0.355 e. The zero-order valence-corrected chi connectivity index (χ0v) is 23.2. The lowest BCUT2D eigenvalue weighted by atomic mass is 9.81. The summed E-state index contributed by atoms with van der Waals surface area (Å²) >= 11 is 0. The molecule has 0 atom stereocenters. The van der Waals surface area contributed by atoms with Gasteiger partial charge in [0, 0.05) is 38.8 Å². The van der Waals surface area contributed by atoms with Crippen LogP contribution in [-0.4, -0.2) is 4.57 Å². The first kappa shape index (κ1) is 23.8. The maximum absolute atomic E-state index is 3.87. The Labute approximate surface area is 240 Å². The Morgan fingerprint density at radius 2 is 1.17 bits per heavy atom. The Balaban J connectivity index is 1.27. The van der Waals surface area contributed by atoms with Gasteiger partial charge >= 0.3 is 0 Å². The van der Waals surface area contributed by atoms with Gasteiger partial charge in [0.1, 0.15) is 0 Å². The molecule has 2 nitrogen and oxygen atoms in total. The molecule has 41 heavy (non-hydrogen) atoms. The van der Waals surface area contributed by atoms with Crippen LogP contribution in [0.4, 0.5) is 11.4 Å². The molecule has 0 saturated carbocycles. The van der Waals surface area contributed by atoms with E-state index in [0.717, 1.165) is 11.4 Å². The van der Waals surface area contributed by atoms with E-state index in [-0.39, 0.29) is 5.41 Å². The molecule has 0 aliphatic heterocycles. The fourth-order valence-corrected chi connectivity index (χ4v) is 6.94. The molecule has 1 aromatic heterocycles. The highest BCUT2D eigenvalue weighted by molar-refractivity contribution is 6.10. The van der Waals surface area contributed by atoms with E-state index in [2.05, 4.69) is 163 Å². The quantitative estimate of drug-likeness (QED) is 0.241. The molecule has 8 rings (SSSR count). The number of nitrogens with zero attached hydrogens (tertiary/aromatic N) is 1. The highest BCUT2D eigenvalue weighted by Gasteiger charge is 2.37. The van der Waals surface area contributed by atoms with E-state index >= 15 is 0 Å². The molecule has 0 spiro atoms. The molecular formula is C39H30N2. The van der Waals surface area contributed by atoms with Crippen LogP contribution in [0, 0.1) is 0 Å². The minimum Gasteiger partial charge on any atom is -0.355 e. The summed E-state index contributed by atoms with van der Waals surface area (Å²) in [5, 5.41) is 6.39. The van der Waals surface area contributed by atoms with Crippen LogP contribution >= 0.6 is 0 Å². The van der Waals surface area contributed by atoms with Crippen LogP contribution in [-0.2, 0) is 5.41 Å². The summed E-state index contributed by atoms with van der Waals surface area (Å²) in [6, 6.07) is 50.4. The van der Waals surface area contributed by atoms with E-state index < -0.39 is 0 Å². The van der Waals surface area contributed by atoms with Gasteiger partial charge in [-0.05, 0) is 70.3 Å². The molecule has 6 aromatic carbocycles. The van der Waals surface area contributed by atoms with Crippen molar-refractivity contribution in [2.24, 2.45) is 0 Å². The van der Waals surface area contributed by atoms with Crippen LogP contribution in [0.3, 0.4) is 0 Å². The lowest BCUT2D eigenvalue weighted by Gasteiger charge is -2.25. The molecule has 7 aromatic rings. The normalized spacial score (nSPS) is 13.3. The predicted octanol–water partition coefficient (Wildman–Crippen LogP) is 10.5. The van der Waals surface area contributed by atoms with E-state index in [1.807, 2.05) is 0 Å². The maximum Gasteiger partial charge on any atom is 0.0541 e. The third-order valence-corrected chi connectivity index (χ3v) is 8.77. The van der Waals surface area contributed by atoms with Gasteiger partial charge in [-0.2, -0.15) is 0 Å². The van der Waals surface area contributed by atoms with Crippen LogP contribution in [0.1, 0.15) is 25.0 Å². The van der Waals surface area contributed by atoms with Crippen molar-refractivity contribution in [3.63, 3.8) is 0 Å². The SMILES string of the molecule is CC1(C)c2ccccc2-c2cccc(Nc3ccccc3-c3ccc4c(c3)c3ccccc3n4-c3ccccc3)c21. The van der Waals surface area contributed by atoms with Crippen molar-refractivity contribution in [2.45, 2.75) is 19.3 Å². The summed E-state index contributed by atoms with van der Waals surface area (Å²) in [6.45, 7) is 4.68. The smallest absolute Gasteiger partial charge is 0.0541 e. The molecule has 1 N–H and O–H groups in total. The van der Waals surface area contributed by atoms with Crippen molar-refractivity contribution in [1.29, 1.82) is 0 Å². The highest BCUT2D eigenvalue weighted by Crippen LogP contribution is 2.52. The third-order valence-electron chi connectivity index (χ3n) is 8.77. The summed E-state index contributed by atoms with van der Waals surface area (Å²) in [4.78, 5) is 0. The number of hydrogen-bond donors (Lipinski definition) is 1. The first-order valence-corrected chi connectivity index (χ1v) is 14.3. The first-order chi connectivity index (χ1) is 20.1. The van der Waals surface area contributed by atoms with Gasteiger partial charge in [-0.1, -0.05) is 111 Å². The van der Waals surface area contributed by atoms with E-state index in [0.29, 0.717) is 0 Å². The second-order valence-corrected chi connectivity index (χ2v) is 11.5. The lowest BCUT2D eigenvalue weighted by Crippen LogP contribution is -2.16. The topological polar surface area (TPSA) is 17.0 Å². The van der Waals surface area contributed by atoms with Gasteiger partial charge in [0.05, 0.1) is 11.0 Å². The van der Waals surface area contributed by atoms with Crippen molar-refractivity contribution in [3.8, 4) is 27.9 Å². The zero-order chi connectivity index (χ0) is 27.6. The number of fused-ring (bicyclic) bond motifs is 6. The summed E-state index contributed by atoms with van der Waals surface area (Å²) in [6.07, 6.45) is 0. The third kappa shape index (κ3) is 3.57. The van der Waals surface area contributed by atoms with Crippen LogP contribution in [0.5, 0.6) is 0 Å². The second kappa shape index (κ2) is 8.97. The Hall–Kier alpha value is -5.08. The van der Waals surface area contributed by atoms with Gasteiger partial charge in [0.15, 0.2) is 0 Å². The maximum atomic E-state index is 3.87. The molecule has 1 heterocycles. The van der Waals surface area contributed by atoms with E-state index in [4.69, 9.17) is 0 Å². The molecule has 0 radical (unpaired) electrons. The van der Waals surface area contributed by atoms with Crippen LogP contribution in [0.25, 0.3) is 49.7 Å². The van der Waals surface area contributed by atoms with Crippen molar-refractivity contribution in [1.82, 2.24) is 4.57 Å². The highest BCUT2D eigenvalue weighted by atomic mass is 15.0. The van der Waals surface area contributed by atoms with E-state index in [1.165, 1.54) is 60.9 Å². The average molecular weight is 527 g/mol. The fraction of sp³-hybridized carbons (Fsp3) is 0.0769.